The fourth-order valence-corrected chi connectivity index (χ4v) is 4.29. The zero-order valence-corrected chi connectivity index (χ0v) is 13.0. The van der Waals surface area contributed by atoms with Crippen LogP contribution in [-0.2, 0) is 14.8 Å². The first-order valence-electron chi connectivity index (χ1n) is 6.27. The lowest BCUT2D eigenvalue weighted by molar-refractivity contribution is -0.0689. The smallest absolute Gasteiger partial charge is 0.223 e. The van der Waals surface area contributed by atoms with Crippen molar-refractivity contribution >= 4 is 27.2 Å². The minimum absolute atomic E-state index is 0.0340. The van der Waals surface area contributed by atoms with Crippen LogP contribution in [0.1, 0.15) is 26.2 Å². The summed E-state index contributed by atoms with van der Waals surface area (Å²) in [6, 6.07) is 0. The molecule has 1 atom stereocenters. The second-order valence-corrected chi connectivity index (χ2v) is 7.63. The fourth-order valence-electron chi connectivity index (χ4n) is 2.19. The number of aliphatic hydroxyl groups is 1. The van der Waals surface area contributed by atoms with Gasteiger partial charge in [-0.05, 0) is 6.42 Å². The van der Waals surface area contributed by atoms with Gasteiger partial charge in [0.05, 0.1) is 10.6 Å². The van der Waals surface area contributed by atoms with Gasteiger partial charge in [-0.15, -0.1) is 0 Å². The first-order valence-corrected chi connectivity index (χ1v) is 8.18. The average molecular weight is 310 g/mol. The van der Waals surface area contributed by atoms with Crippen molar-refractivity contribution in [2.45, 2.75) is 37.0 Å². The van der Waals surface area contributed by atoms with Crippen molar-refractivity contribution in [2.24, 2.45) is 5.73 Å². The molecule has 1 fully saturated rings. The SMILES string of the molecule is CCC(C(N)=S)S(=O)(=O)N(C)CC1(O)CCOCC1. The average Bonchev–Trinajstić information content (AvgIpc) is 2.29. The van der Waals surface area contributed by atoms with E-state index in [1.54, 1.807) is 6.92 Å². The van der Waals surface area contributed by atoms with E-state index in [1.165, 1.54) is 7.05 Å². The molecule has 1 aliphatic rings. The summed E-state index contributed by atoms with van der Waals surface area (Å²) in [4.78, 5) is -0.0340. The van der Waals surface area contributed by atoms with E-state index < -0.39 is 20.9 Å². The first-order chi connectivity index (χ1) is 8.73. The van der Waals surface area contributed by atoms with Crippen molar-refractivity contribution in [3.63, 3.8) is 0 Å². The maximum Gasteiger partial charge on any atom is 0.223 e. The molecule has 0 aromatic carbocycles. The van der Waals surface area contributed by atoms with Crippen molar-refractivity contribution in [1.82, 2.24) is 4.31 Å². The van der Waals surface area contributed by atoms with E-state index in [2.05, 4.69) is 0 Å². The molecular weight excluding hydrogens is 288 g/mol. The van der Waals surface area contributed by atoms with Gasteiger partial charge in [0.1, 0.15) is 5.25 Å². The van der Waals surface area contributed by atoms with Crippen LogP contribution in [0.3, 0.4) is 0 Å². The lowest BCUT2D eigenvalue weighted by Crippen LogP contribution is -2.51. The summed E-state index contributed by atoms with van der Waals surface area (Å²) in [5, 5.41) is 9.47. The van der Waals surface area contributed by atoms with Crippen molar-refractivity contribution in [3.8, 4) is 0 Å². The second kappa shape index (κ2) is 6.45. The van der Waals surface area contributed by atoms with Crippen LogP contribution in [0.25, 0.3) is 0 Å². The van der Waals surface area contributed by atoms with E-state index in [1.807, 2.05) is 0 Å². The Kier molecular flexibility index (Phi) is 5.69. The summed E-state index contributed by atoms with van der Waals surface area (Å²) < 4.78 is 31.0. The molecule has 1 heterocycles. The summed E-state index contributed by atoms with van der Waals surface area (Å²) in [5.41, 5.74) is 4.45. The number of thiocarbonyl (C=S) groups is 1. The molecule has 3 N–H and O–H groups in total. The zero-order chi connectivity index (χ0) is 14.7. The molecule has 1 unspecified atom stereocenters. The molecule has 112 valence electrons. The molecule has 0 bridgehead atoms. The lowest BCUT2D eigenvalue weighted by Gasteiger charge is -2.35. The minimum Gasteiger partial charge on any atom is -0.392 e. The van der Waals surface area contributed by atoms with Crippen molar-refractivity contribution in [1.29, 1.82) is 0 Å². The van der Waals surface area contributed by atoms with E-state index in [0.717, 1.165) is 4.31 Å². The van der Waals surface area contributed by atoms with E-state index in [4.69, 9.17) is 22.7 Å². The van der Waals surface area contributed by atoms with Crippen LogP contribution in [0.15, 0.2) is 0 Å². The number of hydrogen-bond acceptors (Lipinski definition) is 5. The first kappa shape index (κ1) is 16.8. The van der Waals surface area contributed by atoms with Gasteiger partial charge in [0.25, 0.3) is 0 Å². The molecule has 0 saturated carbocycles. The number of nitrogens with two attached hydrogens (primary N) is 1. The minimum atomic E-state index is -3.62. The summed E-state index contributed by atoms with van der Waals surface area (Å²) in [6.07, 6.45) is 1.18. The molecule has 1 saturated heterocycles. The van der Waals surface area contributed by atoms with Gasteiger partial charge in [0.15, 0.2) is 0 Å². The lowest BCUT2D eigenvalue weighted by atomic mass is 9.95. The summed E-state index contributed by atoms with van der Waals surface area (Å²) in [7, 11) is -2.17. The Hall–Kier alpha value is -0.280. The van der Waals surface area contributed by atoms with E-state index in [0.29, 0.717) is 32.5 Å². The van der Waals surface area contributed by atoms with Crippen molar-refractivity contribution in [2.75, 3.05) is 26.8 Å². The van der Waals surface area contributed by atoms with Crippen molar-refractivity contribution < 1.29 is 18.3 Å². The Morgan fingerprint density at radius 3 is 2.47 bits per heavy atom. The number of nitrogens with zero attached hydrogens (tertiary/aromatic N) is 1. The third kappa shape index (κ3) is 4.09. The highest BCUT2D eigenvalue weighted by Crippen LogP contribution is 2.23. The molecule has 1 rings (SSSR count). The number of ether oxygens (including phenoxy) is 1. The number of hydrogen-bond donors (Lipinski definition) is 2. The quantitative estimate of drug-likeness (QED) is 0.663. The molecule has 0 radical (unpaired) electrons. The highest BCUT2D eigenvalue weighted by atomic mass is 32.2. The van der Waals surface area contributed by atoms with E-state index >= 15 is 0 Å². The molecule has 0 aliphatic carbocycles. The molecule has 6 nitrogen and oxygen atoms in total. The molecule has 0 spiro atoms. The third-order valence-corrected chi connectivity index (χ3v) is 6.16. The molecule has 0 amide bonds. The van der Waals surface area contributed by atoms with Gasteiger partial charge in [0, 0.05) is 39.6 Å². The zero-order valence-electron chi connectivity index (χ0n) is 11.3. The molecule has 0 aromatic rings. The van der Waals surface area contributed by atoms with Gasteiger partial charge in [-0.3, -0.25) is 0 Å². The monoisotopic (exact) mass is 310 g/mol. The molecule has 0 aromatic heterocycles. The van der Waals surface area contributed by atoms with Gasteiger partial charge >= 0.3 is 0 Å². The summed E-state index contributed by atoms with van der Waals surface area (Å²) in [5.74, 6) is 0. The van der Waals surface area contributed by atoms with Gasteiger partial charge < -0.3 is 15.6 Å². The van der Waals surface area contributed by atoms with E-state index in [9.17, 15) is 13.5 Å². The Labute approximate surface area is 120 Å². The van der Waals surface area contributed by atoms with Crippen LogP contribution in [-0.4, -0.2) is 60.5 Å². The van der Waals surface area contributed by atoms with Gasteiger partial charge in [-0.2, -0.15) is 0 Å². The molecule has 19 heavy (non-hydrogen) atoms. The van der Waals surface area contributed by atoms with Gasteiger partial charge in [-0.25, -0.2) is 12.7 Å². The normalized spacial score (nSPS) is 21.3. The third-order valence-electron chi connectivity index (χ3n) is 3.42. The number of sulfonamides is 1. The Morgan fingerprint density at radius 2 is 2.05 bits per heavy atom. The fraction of sp³-hybridized carbons (Fsp3) is 0.909. The van der Waals surface area contributed by atoms with Gasteiger partial charge in [0.2, 0.25) is 10.0 Å². The van der Waals surface area contributed by atoms with Crippen LogP contribution < -0.4 is 5.73 Å². The predicted molar refractivity (Wildman–Crippen MR) is 77.4 cm³/mol. The molecule has 1 aliphatic heterocycles. The van der Waals surface area contributed by atoms with E-state index in [-0.39, 0.29) is 11.5 Å². The van der Waals surface area contributed by atoms with Crippen LogP contribution >= 0.6 is 12.2 Å². The Morgan fingerprint density at radius 1 is 1.53 bits per heavy atom. The Bertz CT molecular complexity index is 418. The topological polar surface area (TPSA) is 92.9 Å². The molecular formula is C11H22N2O4S2. The van der Waals surface area contributed by atoms with Crippen LogP contribution in [0.5, 0.6) is 0 Å². The van der Waals surface area contributed by atoms with Crippen molar-refractivity contribution in [3.05, 3.63) is 0 Å². The van der Waals surface area contributed by atoms with Crippen LogP contribution in [0.4, 0.5) is 0 Å². The number of rotatable bonds is 6. The highest BCUT2D eigenvalue weighted by molar-refractivity contribution is 7.92. The molecule has 8 heteroatoms. The van der Waals surface area contributed by atoms with Gasteiger partial charge in [-0.1, -0.05) is 19.1 Å². The largest absolute Gasteiger partial charge is 0.392 e. The van der Waals surface area contributed by atoms with Crippen LogP contribution in [0.2, 0.25) is 0 Å². The number of likely N-dealkylation sites (N-methyl/N-ethyl adjacent to an activating group) is 1. The predicted octanol–water partition coefficient (Wildman–Crippen LogP) is -0.146. The maximum atomic E-state index is 12.3. The van der Waals surface area contributed by atoms with Crippen LogP contribution in [0, 0.1) is 0 Å². The standard InChI is InChI=1S/C11H22N2O4S2/c1-3-9(10(12)18)19(15,16)13(2)8-11(14)4-6-17-7-5-11/h9,14H,3-8H2,1-2H3,(H2,12,18). The summed E-state index contributed by atoms with van der Waals surface area (Å²) >= 11 is 4.81. The maximum absolute atomic E-state index is 12.3. The summed E-state index contributed by atoms with van der Waals surface area (Å²) in [6.45, 7) is 2.64. The highest BCUT2D eigenvalue weighted by Gasteiger charge is 2.37. The Balaban J connectivity index is 2.80. The second-order valence-electron chi connectivity index (χ2n) is 4.94.